The van der Waals surface area contributed by atoms with Gasteiger partial charge in [0.15, 0.2) is 0 Å². The summed E-state index contributed by atoms with van der Waals surface area (Å²) in [6, 6.07) is 22.9. The maximum absolute atomic E-state index is 11.8. The summed E-state index contributed by atoms with van der Waals surface area (Å²) in [5, 5.41) is 0. The van der Waals surface area contributed by atoms with E-state index in [0.29, 0.717) is 11.6 Å². The molecule has 32 heavy (non-hydrogen) atoms. The molecule has 166 valence electrons. The van der Waals surface area contributed by atoms with Crippen molar-refractivity contribution in [1.29, 1.82) is 0 Å². The Morgan fingerprint density at radius 3 is 2.47 bits per heavy atom. The minimum absolute atomic E-state index is 0.410. The largest absolute Gasteiger partial charge is 0.493 e. The molecule has 5 rings (SSSR count). The molecule has 2 aliphatic carbocycles. The number of benzene rings is 3. The van der Waals surface area contributed by atoms with Gasteiger partial charge < -0.3 is 4.74 Å². The van der Waals surface area contributed by atoms with Crippen molar-refractivity contribution in [3.63, 3.8) is 0 Å². The zero-order valence-corrected chi connectivity index (χ0v) is 19.4. The number of fused-ring (bicyclic) bond motifs is 2. The summed E-state index contributed by atoms with van der Waals surface area (Å²) in [6.45, 7) is 3.05. The standard InChI is InChI=1S/C27H29NO3S/c1-27(22-7-5-8-23(17-22)28-32(2,29)30)25-9-4-3-6-20(25)12-13-21-16-24(14-15-26(21)27)31-18-19-10-11-19/h3-9,14-17,19,28H,10-13,18H2,1-2H3. The lowest BCUT2D eigenvalue weighted by Crippen LogP contribution is -2.27. The van der Waals surface area contributed by atoms with Gasteiger partial charge in [0.25, 0.3) is 0 Å². The molecule has 0 aliphatic heterocycles. The van der Waals surface area contributed by atoms with Crippen LogP contribution in [-0.2, 0) is 28.3 Å². The van der Waals surface area contributed by atoms with E-state index in [9.17, 15) is 8.42 Å². The molecule has 1 N–H and O–H groups in total. The van der Waals surface area contributed by atoms with Crippen LogP contribution in [0.2, 0.25) is 0 Å². The average molecular weight is 448 g/mol. The van der Waals surface area contributed by atoms with Crippen molar-refractivity contribution >= 4 is 15.7 Å². The third kappa shape index (κ3) is 4.14. The van der Waals surface area contributed by atoms with Crippen LogP contribution in [0.5, 0.6) is 5.75 Å². The summed E-state index contributed by atoms with van der Waals surface area (Å²) in [7, 11) is -3.35. The molecule has 0 heterocycles. The number of sulfonamides is 1. The monoisotopic (exact) mass is 447 g/mol. The first-order chi connectivity index (χ1) is 15.3. The zero-order chi connectivity index (χ0) is 22.3. The normalized spacial score (nSPS) is 20.1. The van der Waals surface area contributed by atoms with Crippen molar-refractivity contribution in [3.05, 3.63) is 94.5 Å². The summed E-state index contributed by atoms with van der Waals surface area (Å²) in [5.41, 5.74) is 6.37. The van der Waals surface area contributed by atoms with E-state index in [1.807, 2.05) is 12.1 Å². The second kappa shape index (κ2) is 7.96. The van der Waals surface area contributed by atoms with Crippen molar-refractivity contribution in [3.8, 4) is 5.75 Å². The van der Waals surface area contributed by atoms with Crippen LogP contribution >= 0.6 is 0 Å². The molecule has 1 unspecified atom stereocenters. The molecule has 1 fully saturated rings. The number of hydrogen-bond acceptors (Lipinski definition) is 3. The third-order valence-corrected chi connectivity index (χ3v) is 7.37. The van der Waals surface area contributed by atoms with Crippen molar-refractivity contribution in [1.82, 2.24) is 0 Å². The first-order valence-electron chi connectivity index (χ1n) is 11.3. The fourth-order valence-corrected chi connectivity index (χ4v) is 5.47. The highest BCUT2D eigenvalue weighted by Gasteiger charge is 2.37. The van der Waals surface area contributed by atoms with E-state index in [2.05, 4.69) is 60.2 Å². The second-order valence-electron chi connectivity index (χ2n) is 9.31. The Kier molecular flexibility index (Phi) is 5.25. The molecular formula is C27H29NO3S. The van der Waals surface area contributed by atoms with Gasteiger partial charge in [-0.1, -0.05) is 42.5 Å². The minimum Gasteiger partial charge on any atom is -0.493 e. The van der Waals surface area contributed by atoms with Gasteiger partial charge in [-0.3, -0.25) is 4.72 Å². The van der Waals surface area contributed by atoms with Gasteiger partial charge in [-0.2, -0.15) is 0 Å². The van der Waals surface area contributed by atoms with Crippen LogP contribution in [0.25, 0.3) is 0 Å². The van der Waals surface area contributed by atoms with Crippen LogP contribution in [0.4, 0.5) is 5.69 Å². The number of anilines is 1. The number of nitrogens with one attached hydrogen (secondary N) is 1. The molecule has 0 aromatic heterocycles. The quantitative estimate of drug-likeness (QED) is 0.558. The minimum atomic E-state index is -3.35. The Labute approximate surface area is 190 Å². The molecule has 0 saturated heterocycles. The van der Waals surface area contributed by atoms with Crippen LogP contribution in [-0.4, -0.2) is 21.3 Å². The fraction of sp³-hybridized carbons (Fsp3) is 0.333. The van der Waals surface area contributed by atoms with Crippen LogP contribution in [0.3, 0.4) is 0 Å². The van der Waals surface area contributed by atoms with E-state index in [0.717, 1.165) is 30.8 Å². The van der Waals surface area contributed by atoms with Gasteiger partial charge in [0.1, 0.15) is 5.75 Å². The number of hydrogen-bond donors (Lipinski definition) is 1. The van der Waals surface area contributed by atoms with E-state index in [1.165, 1.54) is 41.4 Å². The molecule has 1 atom stereocenters. The third-order valence-electron chi connectivity index (χ3n) is 6.76. The van der Waals surface area contributed by atoms with E-state index in [4.69, 9.17) is 4.74 Å². The lowest BCUT2D eigenvalue weighted by molar-refractivity contribution is 0.299. The van der Waals surface area contributed by atoms with Crippen LogP contribution < -0.4 is 9.46 Å². The van der Waals surface area contributed by atoms with E-state index >= 15 is 0 Å². The number of ether oxygens (including phenoxy) is 1. The first-order valence-corrected chi connectivity index (χ1v) is 13.1. The Balaban J connectivity index is 1.64. The summed E-state index contributed by atoms with van der Waals surface area (Å²) in [6.07, 6.45) is 5.64. The summed E-state index contributed by atoms with van der Waals surface area (Å²) in [4.78, 5) is 0. The Bertz CT molecular complexity index is 1260. The molecule has 0 amide bonds. The van der Waals surface area contributed by atoms with Gasteiger partial charge in [0, 0.05) is 11.1 Å². The molecule has 3 aromatic carbocycles. The topological polar surface area (TPSA) is 55.4 Å². The molecule has 0 radical (unpaired) electrons. The van der Waals surface area contributed by atoms with Gasteiger partial charge in [-0.25, -0.2) is 8.42 Å². The summed E-state index contributed by atoms with van der Waals surface area (Å²) < 4.78 is 32.4. The zero-order valence-electron chi connectivity index (χ0n) is 18.6. The van der Waals surface area contributed by atoms with E-state index in [1.54, 1.807) is 6.07 Å². The molecule has 5 heteroatoms. The van der Waals surface area contributed by atoms with Gasteiger partial charge in [0.05, 0.1) is 12.9 Å². The predicted molar refractivity (Wildman–Crippen MR) is 129 cm³/mol. The smallest absolute Gasteiger partial charge is 0.229 e. The van der Waals surface area contributed by atoms with E-state index in [-0.39, 0.29) is 0 Å². The Morgan fingerprint density at radius 2 is 1.69 bits per heavy atom. The first kappa shape index (κ1) is 21.1. The lowest BCUT2D eigenvalue weighted by Gasteiger charge is -2.34. The van der Waals surface area contributed by atoms with Crippen molar-refractivity contribution < 1.29 is 13.2 Å². The maximum Gasteiger partial charge on any atom is 0.229 e. The summed E-state index contributed by atoms with van der Waals surface area (Å²) >= 11 is 0. The molecule has 1 saturated carbocycles. The van der Waals surface area contributed by atoms with Gasteiger partial charge in [-0.15, -0.1) is 0 Å². The second-order valence-corrected chi connectivity index (χ2v) is 11.1. The van der Waals surface area contributed by atoms with Crippen molar-refractivity contribution in [2.45, 2.75) is 38.0 Å². The highest BCUT2D eigenvalue weighted by atomic mass is 32.2. The molecule has 3 aromatic rings. The van der Waals surface area contributed by atoms with Gasteiger partial charge >= 0.3 is 0 Å². The molecule has 4 nitrogen and oxygen atoms in total. The fourth-order valence-electron chi connectivity index (χ4n) is 4.91. The van der Waals surface area contributed by atoms with Crippen LogP contribution in [0, 0.1) is 5.92 Å². The van der Waals surface area contributed by atoms with Crippen LogP contribution in [0.1, 0.15) is 47.6 Å². The Morgan fingerprint density at radius 1 is 0.938 bits per heavy atom. The predicted octanol–water partition coefficient (Wildman–Crippen LogP) is 5.30. The molecule has 2 aliphatic rings. The molecular weight excluding hydrogens is 418 g/mol. The van der Waals surface area contributed by atoms with E-state index < -0.39 is 15.4 Å². The highest BCUT2D eigenvalue weighted by molar-refractivity contribution is 7.92. The number of rotatable bonds is 6. The summed E-state index contributed by atoms with van der Waals surface area (Å²) in [5.74, 6) is 1.66. The lowest BCUT2D eigenvalue weighted by atomic mass is 9.69. The van der Waals surface area contributed by atoms with Gasteiger partial charge in [-0.05, 0) is 90.6 Å². The molecule has 0 bridgehead atoms. The van der Waals surface area contributed by atoms with Gasteiger partial charge in [0.2, 0.25) is 10.0 Å². The van der Waals surface area contributed by atoms with Crippen LogP contribution in [0.15, 0.2) is 66.7 Å². The maximum atomic E-state index is 11.8. The SMILES string of the molecule is CC1(c2cccc(NS(C)(=O)=O)c2)c2ccccc2CCc2cc(OCC3CC3)ccc21. The number of aryl methyl sites for hydroxylation is 2. The highest BCUT2D eigenvalue weighted by Crippen LogP contribution is 2.45. The van der Waals surface area contributed by atoms with Crippen molar-refractivity contribution in [2.75, 3.05) is 17.6 Å². The Hall–Kier alpha value is -2.79. The van der Waals surface area contributed by atoms with Crippen molar-refractivity contribution in [2.24, 2.45) is 5.92 Å². The molecule has 0 spiro atoms. The average Bonchev–Trinajstić information content (AvgIpc) is 3.60.